The highest BCUT2D eigenvalue weighted by molar-refractivity contribution is 5.95. The Morgan fingerprint density at radius 2 is 1.74 bits per heavy atom. The second kappa shape index (κ2) is 11.8. The Bertz CT molecular complexity index is 1100. The number of hydrogen-bond donors (Lipinski definition) is 2. The highest BCUT2D eigenvalue weighted by atomic mass is 19.3. The number of alkyl halides is 2. The lowest BCUT2D eigenvalue weighted by molar-refractivity contribution is -0.114. The summed E-state index contributed by atoms with van der Waals surface area (Å²) >= 11 is 0. The molecule has 0 unspecified atom stereocenters. The van der Waals surface area contributed by atoms with Crippen LogP contribution in [0.3, 0.4) is 0 Å². The fourth-order valence-electron chi connectivity index (χ4n) is 3.44. The summed E-state index contributed by atoms with van der Waals surface area (Å²) in [5.74, 6) is -2.68. The van der Waals surface area contributed by atoms with E-state index >= 15 is 0 Å². The molecule has 0 aliphatic carbocycles. The van der Waals surface area contributed by atoms with Crippen LogP contribution in [0.5, 0.6) is 0 Å². The number of aromatic nitrogens is 5. The maximum Gasteiger partial charge on any atom is 0.303 e. The van der Waals surface area contributed by atoms with Crippen molar-refractivity contribution in [2.24, 2.45) is 0 Å². The molecule has 9 nitrogen and oxygen atoms in total. The Hall–Kier alpha value is -3.21. The summed E-state index contributed by atoms with van der Waals surface area (Å²) in [5.41, 5.74) is 1.03. The molecule has 1 aliphatic rings. The summed E-state index contributed by atoms with van der Waals surface area (Å²) < 4.78 is 29.3. The molecule has 186 valence electrons. The van der Waals surface area contributed by atoms with Crippen molar-refractivity contribution in [3.05, 3.63) is 29.8 Å². The number of pyridine rings is 1. The number of hydrogen-bond acceptors (Lipinski definition) is 7. The van der Waals surface area contributed by atoms with Crippen LogP contribution in [0.25, 0.3) is 16.7 Å². The number of rotatable bonds is 4. The van der Waals surface area contributed by atoms with Crippen LogP contribution in [0.4, 0.5) is 20.4 Å². The van der Waals surface area contributed by atoms with E-state index in [-0.39, 0.29) is 11.7 Å². The van der Waals surface area contributed by atoms with E-state index in [9.17, 15) is 13.6 Å². The van der Waals surface area contributed by atoms with E-state index in [0.29, 0.717) is 17.0 Å². The number of aryl methyl sites for hydroxylation is 1. The van der Waals surface area contributed by atoms with Gasteiger partial charge in [0.25, 0.3) is 0 Å². The number of carbonyl (C=O) groups excluding carboxylic acids is 1. The molecular weight excluding hydrogens is 442 g/mol. The van der Waals surface area contributed by atoms with Crippen LogP contribution in [0, 0.1) is 6.92 Å². The number of amides is 1. The standard InChI is InChI=1S/C19H21F2N7O.C2H7N.C2H6/c1-11-8-16(25-18(23-11)19(3,20)21)28-14-9-15(24-12(2)29)22-10-13(14)17(26-28)27-6-4-5-7-27;1-3-2;1-2/h8-10H,4-7H2,1-3H3,(H,22,24,29);3H,1-2H3;1-2H3. The highest BCUT2D eigenvalue weighted by Crippen LogP contribution is 2.32. The molecule has 0 spiro atoms. The molecule has 3 aromatic rings. The summed E-state index contributed by atoms with van der Waals surface area (Å²) in [6.45, 7) is 9.52. The van der Waals surface area contributed by atoms with Crippen LogP contribution < -0.4 is 15.5 Å². The Labute approximate surface area is 199 Å². The van der Waals surface area contributed by atoms with Crippen LogP contribution in [-0.4, -0.2) is 57.8 Å². The molecule has 4 rings (SSSR count). The van der Waals surface area contributed by atoms with Gasteiger partial charge in [-0.05, 0) is 33.9 Å². The van der Waals surface area contributed by atoms with Gasteiger partial charge in [-0.2, -0.15) is 8.78 Å². The molecule has 34 heavy (non-hydrogen) atoms. The minimum absolute atomic E-state index is 0.240. The lowest BCUT2D eigenvalue weighted by atomic mass is 10.3. The molecule has 1 aliphatic heterocycles. The predicted molar refractivity (Wildman–Crippen MR) is 131 cm³/mol. The molecule has 2 N–H and O–H groups in total. The fourth-order valence-corrected chi connectivity index (χ4v) is 3.44. The van der Waals surface area contributed by atoms with Crippen molar-refractivity contribution in [2.75, 3.05) is 37.4 Å². The number of halogens is 2. The molecule has 11 heteroatoms. The Kier molecular flexibility index (Phi) is 9.36. The third kappa shape index (κ3) is 6.43. The molecular formula is C23H34F2N8O. The summed E-state index contributed by atoms with van der Waals surface area (Å²) in [6, 6.07) is 3.28. The van der Waals surface area contributed by atoms with Crippen molar-refractivity contribution in [3.8, 4) is 5.82 Å². The van der Waals surface area contributed by atoms with Gasteiger partial charge in [-0.1, -0.05) is 13.8 Å². The zero-order valence-corrected chi connectivity index (χ0v) is 20.9. The van der Waals surface area contributed by atoms with E-state index in [2.05, 4.69) is 35.6 Å². The van der Waals surface area contributed by atoms with Crippen molar-refractivity contribution in [1.29, 1.82) is 0 Å². The van der Waals surface area contributed by atoms with Gasteiger partial charge in [0.05, 0.1) is 10.9 Å². The average Bonchev–Trinajstić information content (AvgIpc) is 3.42. The van der Waals surface area contributed by atoms with Gasteiger partial charge in [0.1, 0.15) is 5.82 Å². The summed E-state index contributed by atoms with van der Waals surface area (Å²) in [6.07, 6.45) is 3.76. The van der Waals surface area contributed by atoms with Gasteiger partial charge in [0, 0.05) is 51.0 Å². The average molecular weight is 477 g/mol. The molecule has 0 aromatic carbocycles. The van der Waals surface area contributed by atoms with Gasteiger partial charge in [0.2, 0.25) is 11.7 Å². The molecule has 4 heterocycles. The zero-order chi connectivity index (χ0) is 25.5. The van der Waals surface area contributed by atoms with Gasteiger partial charge in [-0.25, -0.2) is 19.6 Å². The van der Waals surface area contributed by atoms with Gasteiger partial charge in [-0.15, -0.1) is 5.10 Å². The van der Waals surface area contributed by atoms with Crippen molar-refractivity contribution in [1.82, 2.24) is 30.0 Å². The molecule has 0 radical (unpaired) electrons. The van der Waals surface area contributed by atoms with Crippen molar-refractivity contribution >= 4 is 28.4 Å². The Morgan fingerprint density at radius 1 is 1.12 bits per heavy atom. The molecule has 0 atom stereocenters. The second-order valence-electron chi connectivity index (χ2n) is 7.78. The van der Waals surface area contributed by atoms with Gasteiger partial charge in [-0.3, -0.25) is 4.79 Å². The van der Waals surface area contributed by atoms with Crippen LogP contribution >= 0.6 is 0 Å². The molecule has 1 fully saturated rings. The third-order valence-electron chi connectivity index (χ3n) is 4.71. The van der Waals surface area contributed by atoms with Crippen LogP contribution in [0.1, 0.15) is 52.1 Å². The normalized spacial score (nSPS) is 13.1. The fraction of sp³-hybridized carbons (Fsp3) is 0.522. The largest absolute Gasteiger partial charge is 0.355 e. The first kappa shape index (κ1) is 27.0. The number of nitrogens with zero attached hydrogens (tertiary/aromatic N) is 6. The molecule has 1 saturated heterocycles. The maximum absolute atomic E-state index is 13.9. The second-order valence-corrected chi connectivity index (χ2v) is 7.78. The van der Waals surface area contributed by atoms with E-state index in [0.717, 1.165) is 44.1 Å². The minimum atomic E-state index is -3.18. The van der Waals surface area contributed by atoms with Crippen LogP contribution in [0.2, 0.25) is 0 Å². The summed E-state index contributed by atoms with van der Waals surface area (Å²) in [4.78, 5) is 25.8. The first-order valence-electron chi connectivity index (χ1n) is 11.4. The number of fused-ring (bicyclic) bond motifs is 1. The monoisotopic (exact) mass is 476 g/mol. The van der Waals surface area contributed by atoms with E-state index < -0.39 is 11.7 Å². The smallest absolute Gasteiger partial charge is 0.303 e. The van der Waals surface area contributed by atoms with E-state index in [4.69, 9.17) is 0 Å². The SMILES string of the molecule is CC.CC(=O)Nc1cc2c(cn1)c(N1CCCC1)nn2-c1cc(C)nc(C(C)(F)F)n1.CNC. The predicted octanol–water partition coefficient (Wildman–Crippen LogP) is 4.05. The molecule has 0 saturated carbocycles. The topological polar surface area (TPSA) is 101 Å². The minimum Gasteiger partial charge on any atom is -0.355 e. The third-order valence-corrected chi connectivity index (χ3v) is 4.71. The highest BCUT2D eigenvalue weighted by Gasteiger charge is 2.30. The Balaban J connectivity index is 0.000000758. The van der Waals surface area contributed by atoms with Crippen molar-refractivity contribution < 1.29 is 13.6 Å². The zero-order valence-electron chi connectivity index (χ0n) is 20.9. The quantitative estimate of drug-likeness (QED) is 0.586. The number of anilines is 2. The lowest BCUT2D eigenvalue weighted by Crippen LogP contribution is -2.19. The lowest BCUT2D eigenvalue weighted by Gasteiger charge is -2.14. The summed E-state index contributed by atoms with van der Waals surface area (Å²) in [7, 11) is 3.75. The molecule has 0 bridgehead atoms. The van der Waals surface area contributed by atoms with E-state index in [1.54, 1.807) is 25.3 Å². The van der Waals surface area contributed by atoms with Crippen LogP contribution in [0.15, 0.2) is 18.3 Å². The number of nitrogens with one attached hydrogen (secondary N) is 2. The van der Waals surface area contributed by atoms with Gasteiger partial charge >= 0.3 is 5.92 Å². The van der Waals surface area contributed by atoms with Crippen molar-refractivity contribution in [3.63, 3.8) is 0 Å². The van der Waals surface area contributed by atoms with E-state index in [1.165, 1.54) is 11.6 Å². The summed E-state index contributed by atoms with van der Waals surface area (Å²) in [5, 5.41) is 10.8. The molecule has 1 amide bonds. The van der Waals surface area contributed by atoms with Crippen molar-refractivity contribution in [2.45, 2.75) is 53.4 Å². The van der Waals surface area contributed by atoms with E-state index in [1.807, 2.05) is 27.9 Å². The number of carbonyl (C=O) groups is 1. The van der Waals surface area contributed by atoms with Gasteiger partial charge in [0.15, 0.2) is 11.6 Å². The first-order chi connectivity index (χ1) is 16.1. The Morgan fingerprint density at radius 3 is 2.29 bits per heavy atom. The van der Waals surface area contributed by atoms with Crippen LogP contribution in [-0.2, 0) is 10.7 Å². The maximum atomic E-state index is 13.9. The van der Waals surface area contributed by atoms with Gasteiger partial charge < -0.3 is 15.5 Å². The first-order valence-corrected chi connectivity index (χ1v) is 11.4. The molecule has 3 aromatic heterocycles.